The summed E-state index contributed by atoms with van der Waals surface area (Å²) in [6, 6.07) is 8.98. The lowest BCUT2D eigenvalue weighted by atomic mass is 10.1. The molecule has 10 heteroatoms. The Hall–Kier alpha value is -3.33. The predicted molar refractivity (Wildman–Crippen MR) is 109 cm³/mol. The van der Waals surface area contributed by atoms with Gasteiger partial charge in [-0.3, -0.25) is 14.9 Å². The Morgan fingerprint density at radius 1 is 1.10 bits per heavy atom. The number of amides is 1. The van der Waals surface area contributed by atoms with Gasteiger partial charge in [-0.25, -0.2) is 4.79 Å². The monoisotopic (exact) mass is 436 g/mol. The standard InChI is InChI=1S/C20H21ClN2O7/c1-22(9-8-13-4-7-17(28-2)18(10-13)29-3)19(24)12-30-20(25)15-11-14(21)5-6-16(15)23(26)27/h4-7,10-11H,8-9,12H2,1-3H3. The van der Waals surface area contributed by atoms with Crippen LogP contribution in [0.2, 0.25) is 5.02 Å². The molecule has 2 aromatic rings. The third-order valence-corrected chi connectivity index (χ3v) is 4.55. The summed E-state index contributed by atoms with van der Waals surface area (Å²) in [5.74, 6) is -0.256. The number of methoxy groups -OCH3 is 2. The number of esters is 1. The summed E-state index contributed by atoms with van der Waals surface area (Å²) in [4.78, 5) is 36.2. The number of hydrogen-bond acceptors (Lipinski definition) is 7. The molecule has 2 aromatic carbocycles. The van der Waals surface area contributed by atoms with Gasteiger partial charge in [-0.15, -0.1) is 0 Å². The SMILES string of the molecule is COc1ccc(CCN(C)C(=O)COC(=O)c2cc(Cl)ccc2[N+](=O)[O-])cc1OC. The van der Waals surface area contributed by atoms with Crippen LogP contribution in [0.4, 0.5) is 5.69 Å². The van der Waals surface area contributed by atoms with Crippen molar-refractivity contribution in [1.29, 1.82) is 0 Å². The van der Waals surface area contributed by atoms with Gasteiger partial charge in [-0.05, 0) is 36.2 Å². The highest BCUT2D eigenvalue weighted by Gasteiger charge is 2.23. The van der Waals surface area contributed by atoms with Gasteiger partial charge in [-0.1, -0.05) is 17.7 Å². The lowest BCUT2D eigenvalue weighted by Crippen LogP contribution is -2.33. The molecule has 2 rings (SSSR count). The number of likely N-dealkylation sites (N-methyl/N-ethyl adjacent to an activating group) is 1. The first kappa shape index (κ1) is 23.0. The van der Waals surface area contributed by atoms with Crippen LogP contribution in [-0.4, -0.2) is 56.1 Å². The molecule has 0 saturated carbocycles. The Kier molecular flexibility index (Phi) is 7.99. The highest BCUT2D eigenvalue weighted by molar-refractivity contribution is 6.31. The minimum Gasteiger partial charge on any atom is -0.493 e. The number of halogens is 1. The third kappa shape index (κ3) is 5.84. The first-order valence-electron chi connectivity index (χ1n) is 8.82. The van der Waals surface area contributed by atoms with Gasteiger partial charge < -0.3 is 19.1 Å². The van der Waals surface area contributed by atoms with Gasteiger partial charge in [0.15, 0.2) is 18.1 Å². The molecule has 0 heterocycles. The van der Waals surface area contributed by atoms with Gasteiger partial charge in [0.2, 0.25) is 0 Å². The zero-order valence-electron chi connectivity index (χ0n) is 16.7. The maximum Gasteiger partial charge on any atom is 0.345 e. The molecular weight excluding hydrogens is 416 g/mol. The number of carbonyl (C=O) groups excluding carboxylic acids is 2. The summed E-state index contributed by atoms with van der Waals surface area (Å²) >= 11 is 5.80. The van der Waals surface area contributed by atoms with E-state index in [9.17, 15) is 19.7 Å². The Balaban J connectivity index is 1.93. The Labute approximate surface area is 178 Å². The van der Waals surface area contributed by atoms with Crippen LogP contribution in [0.3, 0.4) is 0 Å². The number of benzene rings is 2. The lowest BCUT2D eigenvalue weighted by molar-refractivity contribution is -0.385. The van der Waals surface area contributed by atoms with Crippen molar-refractivity contribution in [3.63, 3.8) is 0 Å². The molecule has 0 aliphatic rings. The van der Waals surface area contributed by atoms with E-state index in [2.05, 4.69) is 0 Å². The molecule has 0 unspecified atom stereocenters. The van der Waals surface area contributed by atoms with E-state index >= 15 is 0 Å². The van der Waals surface area contributed by atoms with Crippen molar-refractivity contribution in [1.82, 2.24) is 4.90 Å². The van der Waals surface area contributed by atoms with Crippen molar-refractivity contribution in [3.05, 3.63) is 62.7 Å². The molecule has 9 nitrogen and oxygen atoms in total. The van der Waals surface area contributed by atoms with Crippen LogP contribution in [0.5, 0.6) is 11.5 Å². The molecule has 0 fully saturated rings. The summed E-state index contributed by atoms with van der Waals surface area (Å²) in [5, 5.41) is 11.2. The minimum absolute atomic E-state index is 0.144. The first-order chi connectivity index (χ1) is 14.3. The first-order valence-corrected chi connectivity index (χ1v) is 9.20. The van der Waals surface area contributed by atoms with E-state index in [1.54, 1.807) is 20.2 Å². The van der Waals surface area contributed by atoms with E-state index in [0.29, 0.717) is 24.5 Å². The number of nitro benzene ring substituents is 1. The summed E-state index contributed by atoms with van der Waals surface area (Å²) in [6.07, 6.45) is 0.538. The van der Waals surface area contributed by atoms with Crippen LogP contribution in [0.25, 0.3) is 0 Å². The molecule has 0 radical (unpaired) electrons. The van der Waals surface area contributed by atoms with Gasteiger partial charge >= 0.3 is 5.97 Å². The fourth-order valence-corrected chi connectivity index (χ4v) is 2.78. The second kappa shape index (κ2) is 10.4. The van der Waals surface area contributed by atoms with E-state index in [-0.39, 0.29) is 10.6 Å². The van der Waals surface area contributed by atoms with E-state index in [1.807, 2.05) is 12.1 Å². The molecule has 0 N–H and O–H groups in total. The second-order valence-electron chi connectivity index (χ2n) is 6.25. The van der Waals surface area contributed by atoms with Crippen molar-refractivity contribution < 1.29 is 28.7 Å². The van der Waals surface area contributed by atoms with Gasteiger partial charge in [-0.2, -0.15) is 0 Å². The summed E-state index contributed by atoms with van der Waals surface area (Å²) in [5.41, 5.74) is 0.172. The van der Waals surface area contributed by atoms with E-state index in [1.165, 1.54) is 18.1 Å². The number of hydrogen-bond donors (Lipinski definition) is 0. The van der Waals surface area contributed by atoms with Crippen LogP contribution in [0, 0.1) is 10.1 Å². The number of nitro groups is 1. The van der Waals surface area contributed by atoms with Gasteiger partial charge in [0.1, 0.15) is 5.56 Å². The number of ether oxygens (including phenoxy) is 3. The summed E-state index contributed by atoms with van der Waals surface area (Å²) in [7, 11) is 4.65. The zero-order valence-corrected chi connectivity index (χ0v) is 17.5. The maximum atomic E-state index is 12.3. The van der Waals surface area contributed by atoms with Crippen molar-refractivity contribution >= 4 is 29.2 Å². The molecule has 0 bridgehead atoms. The van der Waals surface area contributed by atoms with Crippen LogP contribution in [0.15, 0.2) is 36.4 Å². The van der Waals surface area contributed by atoms with E-state index < -0.39 is 29.1 Å². The third-order valence-electron chi connectivity index (χ3n) is 4.31. The highest BCUT2D eigenvalue weighted by Crippen LogP contribution is 2.27. The number of nitrogens with zero attached hydrogens (tertiary/aromatic N) is 2. The Morgan fingerprint density at radius 3 is 2.43 bits per heavy atom. The molecule has 0 spiro atoms. The Bertz CT molecular complexity index is 949. The smallest absolute Gasteiger partial charge is 0.345 e. The maximum absolute atomic E-state index is 12.3. The number of carbonyl (C=O) groups is 2. The van der Waals surface area contributed by atoms with Crippen LogP contribution in [-0.2, 0) is 16.0 Å². The lowest BCUT2D eigenvalue weighted by Gasteiger charge is -2.17. The zero-order chi connectivity index (χ0) is 22.3. The van der Waals surface area contributed by atoms with Crippen molar-refractivity contribution in [3.8, 4) is 11.5 Å². The fourth-order valence-electron chi connectivity index (χ4n) is 2.60. The summed E-state index contributed by atoms with van der Waals surface area (Å²) in [6.45, 7) is -0.186. The van der Waals surface area contributed by atoms with E-state index in [4.69, 9.17) is 25.8 Å². The van der Waals surface area contributed by atoms with Crippen molar-refractivity contribution in [2.75, 3.05) is 34.4 Å². The van der Waals surface area contributed by atoms with Crippen LogP contribution in [0.1, 0.15) is 15.9 Å². The average Bonchev–Trinajstić information content (AvgIpc) is 2.74. The van der Waals surface area contributed by atoms with Gasteiger partial charge in [0.25, 0.3) is 11.6 Å². The molecule has 160 valence electrons. The molecule has 0 aliphatic carbocycles. The predicted octanol–water partition coefficient (Wildman–Crippen LogP) is 3.12. The van der Waals surface area contributed by atoms with Crippen molar-refractivity contribution in [2.24, 2.45) is 0 Å². The molecule has 1 amide bonds. The largest absolute Gasteiger partial charge is 0.493 e. The molecule has 0 atom stereocenters. The molecular formula is C20H21ClN2O7. The molecule has 0 aliphatic heterocycles. The van der Waals surface area contributed by atoms with Gasteiger partial charge in [0, 0.05) is 24.7 Å². The van der Waals surface area contributed by atoms with Crippen molar-refractivity contribution in [2.45, 2.75) is 6.42 Å². The highest BCUT2D eigenvalue weighted by atomic mass is 35.5. The Morgan fingerprint density at radius 2 is 1.80 bits per heavy atom. The number of rotatable bonds is 9. The molecule has 30 heavy (non-hydrogen) atoms. The minimum atomic E-state index is -0.995. The normalized spacial score (nSPS) is 10.3. The fraction of sp³-hybridized carbons (Fsp3) is 0.300. The molecule has 0 aromatic heterocycles. The van der Waals surface area contributed by atoms with Crippen LogP contribution >= 0.6 is 11.6 Å². The average molecular weight is 437 g/mol. The molecule has 0 saturated heterocycles. The van der Waals surface area contributed by atoms with Gasteiger partial charge in [0.05, 0.1) is 19.1 Å². The second-order valence-corrected chi connectivity index (χ2v) is 6.69. The quantitative estimate of drug-likeness (QED) is 0.337. The topological polar surface area (TPSA) is 108 Å². The summed E-state index contributed by atoms with van der Waals surface area (Å²) < 4.78 is 15.4. The van der Waals surface area contributed by atoms with Crippen LogP contribution < -0.4 is 9.47 Å². The van der Waals surface area contributed by atoms with E-state index in [0.717, 1.165) is 17.7 Å².